The van der Waals surface area contributed by atoms with Crippen LogP contribution in [0.25, 0.3) is 0 Å². The number of aromatic nitrogens is 2. The first-order valence-electron chi connectivity index (χ1n) is 7.09. The van der Waals surface area contributed by atoms with Crippen LogP contribution < -0.4 is 10.6 Å². The summed E-state index contributed by atoms with van der Waals surface area (Å²) in [6, 6.07) is 4.05. The van der Waals surface area contributed by atoms with E-state index in [-0.39, 0.29) is 0 Å². The van der Waals surface area contributed by atoms with Gasteiger partial charge in [0.25, 0.3) is 0 Å². The van der Waals surface area contributed by atoms with Crippen LogP contribution in [0.15, 0.2) is 12.1 Å². The molecule has 2 aliphatic rings. The second-order valence-electron chi connectivity index (χ2n) is 5.78. The summed E-state index contributed by atoms with van der Waals surface area (Å²) >= 11 is 0. The fraction of sp³-hybridized carbons (Fsp3) is 0.714. The maximum atomic E-state index is 5.54. The molecule has 0 unspecified atom stereocenters. The monoisotopic (exact) mass is 246 g/mol. The minimum atomic E-state index is 0.469. The van der Waals surface area contributed by atoms with Gasteiger partial charge in [-0.3, -0.25) is 0 Å². The summed E-state index contributed by atoms with van der Waals surface area (Å²) in [5.41, 5.74) is 7.07. The molecule has 0 amide bonds. The van der Waals surface area contributed by atoms with Crippen molar-refractivity contribution < 1.29 is 0 Å². The number of nitrogens with two attached hydrogens (primary N) is 1. The van der Waals surface area contributed by atoms with Crippen LogP contribution in [-0.4, -0.2) is 23.3 Å². The van der Waals surface area contributed by atoms with Crippen molar-refractivity contribution in [2.24, 2.45) is 11.1 Å². The maximum Gasteiger partial charge on any atom is 0.151 e. The molecule has 1 aliphatic carbocycles. The third-order valence-electron chi connectivity index (χ3n) is 4.73. The molecule has 0 bridgehead atoms. The predicted octanol–water partition coefficient (Wildman–Crippen LogP) is 2.10. The number of hydrogen-bond acceptors (Lipinski definition) is 4. The molecule has 2 heterocycles. The van der Waals surface area contributed by atoms with Crippen molar-refractivity contribution in [3.63, 3.8) is 0 Å². The van der Waals surface area contributed by atoms with Crippen molar-refractivity contribution in [1.82, 2.24) is 10.2 Å². The van der Waals surface area contributed by atoms with E-state index in [0.29, 0.717) is 12.0 Å². The van der Waals surface area contributed by atoms with Gasteiger partial charge in [0.1, 0.15) is 0 Å². The first kappa shape index (κ1) is 11.9. The van der Waals surface area contributed by atoms with E-state index in [0.717, 1.165) is 24.6 Å². The summed E-state index contributed by atoms with van der Waals surface area (Å²) in [4.78, 5) is 2.37. The zero-order chi connectivity index (χ0) is 12.4. The smallest absolute Gasteiger partial charge is 0.151 e. The van der Waals surface area contributed by atoms with Gasteiger partial charge in [-0.1, -0.05) is 12.8 Å². The topological polar surface area (TPSA) is 55.0 Å². The Kier molecular flexibility index (Phi) is 3.20. The van der Waals surface area contributed by atoms with Gasteiger partial charge >= 0.3 is 0 Å². The molecule has 0 radical (unpaired) electrons. The molecule has 18 heavy (non-hydrogen) atoms. The van der Waals surface area contributed by atoms with Gasteiger partial charge in [-0.2, -0.15) is 5.10 Å². The summed E-state index contributed by atoms with van der Waals surface area (Å²) in [6.45, 7) is 2.74. The molecule has 1 spiro atoms. The Morgan fingerprint density at radius 3 is 2.33 bits per heavy atom. The largest absolute Gasteiger partial charge is 0.355 e. The van der Waals surface area contributed by atoms with Gasteiger partial charge in [0.2, 0.25) is 0 Å². The molecular formula is C14H22N4. The maximum absolute atomic E-state index is 5.54. The van der Waals surface area contributed by atoms with Gasteiger partial charge in [-0.25, -0.2) is 0 Å². The van der Waals surface area contributed by atoms with Crippen molar-refractivity contribution in [2.45, 2.75) is 45.1 Å². The van der Waals surface area contributed by atoms with E-state index in [4.69, 9.17) is 5.73 Å². The summed E-state index contributed by atoms with van der Waals surface area (Å²) in [7, 11) is 0. The number of piperidine rings is 1. The van der Waals surface area contributed by atoms with Crippen LogP contribution in [0.2, 0.25) is 0 Å². The highest BCUT2D eigenvalue weighted by atomic mass is 15.3. The molecule has 1 saturated heterocycles. The highest BCUT2D eigenvalue weighted by molar-refractivity contribution is 5.38. The lowest BCUT2D eigenvalue weighted by atomic mass is 9.77. The van der Waals surface area contributed by atoms with E-state index in [1.165, 1.54) is 38.5 Å². The molecule has 98 valence electrons. The van der Waals surface area contributed by atoms with E-state index in [2.05, 4.69) is 21.2 Å². The molecule has 4 heteroatoms. The molecular weight excluding hydrogens is 224 g/mol. The molecule has 1 aromatic heterocycles. The van der Waals surface area contributed by atoms with Crippen LogP contribution in [0.4, 0.5) is 5.82 Å². The van der Waals surface area contributed by atoms with Gasteiger partial charge in [-0.15, -0.1) is 5.10 Å². The Morgan fingerprint density at radius 1 is 1.06 bits per heavy atom. The van der Waals surface area contributed by atoms with Crippen LogP contribution >= 0.6 is 0 Å². The van der Waals surface area contributed by atoms with Crippen molar-refractivity contribution in [3.05, 3.63) is 17.8 Å². The number of rotatable bonds is 2. The van der Waals surface area contributed by atoms with E-state index in [9.17, 15) is 0 Å². The Labute approximate surface area is 109 Å². The molecule has 2 N–H and O–H groups in total. The molecule has 0 aromatic carbocycles. The quantitative estimate of drug-likeness (QED) is 0.868. The van der Waals surface area contributed by atoms with Gasteiger partial charge in [0.15, 0.2) is 5.82 Å². The zero-order valence-electron chi connectivity index (χ0n) is 10.9. The van der Waals surface area contributed by atoms with Crippen LogP contribution in [-0.2, 0) is 6.54 Å². The summed E-state index contributed by atoms with van der Waals surface area (Å²) in [6.07, 6.45) is 8.41. The van der Waals surface area contributed by atoms with E-state index >= 15 is 0 Å². The summed E-state index contributed by atoms with van der Waals surface area (Å²) in [5, 5.41) is 8.43. The molecule has 3 rings (SSSR count). The summed E-state index contributed by atoms with van der Waals surface area (Å²) < 4.78 is 0. The Morgan fingerprint density at radius 2 is 1.78 bits per heavy atom. The molecule has 2 fully saturated rings. The second-order valence-corrected chi connectivity index (χ2v) is 5.78. The van der Waals surface area contributed by atoms with Gasteiger partial charge in [-0.05, 0) is 43.2 Å². The predicted molar refractivity (Wildman–Crippen MR) is 72.3 cm³/mol. The van der Waals surface area contributed by atoms with Crippen molar-refractivity contribution in [1.29, 1.82) is 0 Å². The van der Waals surface area contributed by atoms with E-state index in [1.807, 2.05) is 6.07 Å². The first-order chi connectivity index (χ1) is 8.81. The van der Waals surface area contributed by atoms with Crippen LogP contribution in [0.5, 0.6) is 0 Å². The van der Waals surface area contributed by atoms with Crippen molar-refractivity contribution >= 4 is 5.82 Å². The number of hydrogen-bond donors (Lipinski definition) is 1. The lowest BCUT2D eigenvalue weighted by Crippen LogP contribution is -2.39. The Hall–Kier alpha value is -1.16. The fourth-order valence-corrected chi connectivity index (χ4v) is 3.47. The van der Waals surface area contributed by atoms with E-state index < -0.39 is 0 Å². The zero-order valence-corrected chi connectivity index (χ0v) is 10.9. The highest BCUT2D eigenvalue weighted by Crippen LogP contribution is 2.46. The van der Waals surface area contributed by atoms with Crippen LogP contribution in [0.1, 0.15) is 44.2 Å². The standard InChI is InChI=1S/C14H22N4/c15-11-12-3-4-13(17-16-12)18-9-7-14(8-10-18)5-1-2-6-14/h3-4H,1-2,5-11,15H2. The minimum absolute atomic E-state index is 0.469. The average Bonchev–Trinajstić information content (AvgIpc) is 2.88. The minimum Gasteiger partial charge on any atom is -0.355 e. The van der Waals surface area contributed by atoms with Gasteiger partial charge in [0, 0.05) is 19.6 Å². The molecule has 0 atom stereocenters. The average molecular weight is 246 g/mol. The van der Waals surface area contributed by atoms with Crippen molar-refractivity contribution in [3.8, 4) is 0 Å². The van der Waals surface area contributed by atoms with Gasteiger partial charge < -0.3 is 10.6 Å². The van der Waals surface area contributed by atoms with Crippen molar-refractivity contribution in [2.75, 3.05) is 18.0 Å². The first-order valence-corrected chi connectivity index (χ1v) is 7.09. The van der Waals surface area contributed by atoms with E-state index in [1.54, 1.807) is 0 Å². The molecule has 4 nitrogen and oxygen atoms in total. The molecule has 1 aromatic rings. The summed E-state index contributed by atoms with van der Waals surface area (Å²) in [5.74, 6) is 1.01. The number of nitrogens with zero attached hydrogens (tertiary/aromatic N) is 3. The molecule has 1 saturated carbocycles. The third kappa shape index (κ3) is 2.21. The van der Waals surface area contributed by atoms with Crippen LogP contribution in [0, 0.1) is 5.41 Å². The normalized spacial score (nSPS) is 22.6. The van der Waals surface area contributed by atoms with Crippen LogP contribution in [0.3, 0.4) is 0 Å². The fourth-order valence-electron chi connectivity index (χ4n) is 3.47. The second kappa shape index (κ2) is 4.84. The Bertz CT molecular complexity index is 385. The lowest BCUT2D eigenvalue weighted by Gasteiger charge is -2.39. The third-order valence-corrected chi connectivity index (χ3v) is 4.73. The van der Waals surface area contributed by atoms with Gasteiger partial charge in [0.05, 0.1) is 5.69 Å². The number of anilines is 1. The lowest BCUT2D eigenvalue weighted by molar-refractivity contribution is 0.226. The SMILES string of the molecule is NCc1ccc(N2CCC3(CCCC3)CC2)nn1. The highest BCUT2D eigenvalue weighted by Gasteiger charge is 2.37. The molecule has 1 aliphatic heterocycles. The Balaban J connectivity index is 1.64.